The van der Waals surface area contributed by atoms with Crippen molar-refractivity contribution in [2.75, 3.05) is 4.90 Å². The van der Waals surface area contributed by atoms with Crippen molar-refractivity contribution in [3.8, 4) is 11.4 Å². The van der Waals surface area contributed by atoms with Gasteiger partial charge in [-0.3, -0.25) is 4.98 Å². The van der Waals surface area contributed by atoms with Gasteiger partial charge in [0, 0.05) is 28.3 Å². The minimum absolute atomic E-state index is 0.134. The topological polar surface area (TPSA) is 53.3 Å². The predicted molar refractivity (Wildman–Crippen MR) is 141 cm³/mol. The molecule has 0 unspecified atom stereocenters. The van der Waals surface area contributed by atoms with Gasteiger partial charge in [0.05, 0.1) is 23.5 Å². The van der Waals surface area contributed by atoms with Crippen LogP contribution >= 0.6 is 23.8 Å². The molecule has 0 aliphatic carbocycles. The van der Waals surface area contributed by atoms with E-state index in [0.717, 1.165) is 28.3 Å². The predicted octanol–water partition coefficient (Wildman–Crippen LogP) is 6.47. The average molecular weight is 507 g/mol. The molecule has 4 aromatic rings. The number of phenolic OH excluding ortho intramolecular Hbond substituents is 1. The first-order chi connectivity index (χ1) is 16.8. The van der Waals surface area contributed by atoms with Crippen molar-refractivity contribution in [2.45, 2.75) is 32.9 Å². The number of pyridine rings is 1. The number of benzene rings is 2. The molecule has 5 nitrogen and oxygen atoms in total. The van der Waals surface area contributed by atoms with Crippen LogP contribution in [0.15, 0.2) is 66.9 Å². The van der Waals surface area contributed by atoms with Crippen LogP contribution in [-0.4, -0.2) is 19.8 Å². The SMILES string of the molecule is Cc1cc(N2C(=S)N[C@H](c3ccccn3)[C@@H]2c2cc(C)n(-c3cc(Cl)ccc3O)c2C)ccc1F. The van der Waals surface area contributed by atoms with Crippen molar-refractivity contribution in [1.29, 1.82) is 0 Å². The van der Waals surface area contributed by atoms with Crippen molar-refractivity contribution < 1.29 is 9.50 Å². The molecule has 0 spiro atoms. The Hall–Kier alpha value is -3.42. The molecule has 2 N–H and O–H groups in total. The summed E-state index contributed by atoms with van der Waals surface area (Å²) in [7, 11) is 0. The lowest BCUT2D eigenvalue weighted by Gasteiger charge is -2.28. The van der Waals surface area contributed by atoms with Crippen LogP contribution in [0.5, 0.6) is 5.75 Å². The van der Waals surface area contributed by atoms with Gasteiger partial charge in [-0.25, -0.2) is 4.39 Å². The molecule has 0 saturated carbocycles. The second-order valence-corrected chi connectivity index (χ2v) is 9.55. The molecule has 0 radical (unpaired) electrons. The molecule has 2 aromatic carbocycles. The summed E-state index contributed by atoms with van der Waals surface area (Å²) in [6.07, 6.45) is 1.76. The Morgan fingerprint density at radius 2 is 1.86 bits per heavy atom. The number of aromatic hydroxyl groups is 1. The molecular weight excluding hydrogens is 483 g/mol. The number of aryl methyl sites for hydroxylation is 2. The van der Waals surface area contributed by atoms with Gasteiger partial charge in [-0.2, -0.15) is 0 Å². The Balaban J connectivity index is 1.71. The number of phenols is 1. The molecule has 178 valence electrons. The second-order valence-electron chi connectivity index (χ2n) is 8.73. The number of hydrogen-bond donors (Lipinski definition) is 2. The number of rotatable bonds is 4. The van der Waals surface area contributed by atoms with E-state index in [1.54, 1.807) is 43.5 Å². The van der Waals surface area contributed by atoms with Gasteiger partial charge in [0.2, 0.25) is 0 Å². The van der Waals surface area contributed by atoms with E-state index in [-0.39, 0.29) is 23.7 Å². The lowest BCUT2D eigenvalue weighted by atomic mass is 9.96. The fourth-order valence-corrected chi connectivity index (χ4v) is 5.37. The van der Waals surface area contributed by atoms with Gasteiger partial charge in [-0.15, -0.1) is 0 Å². The number of halogens is 2. The van der Waals surface area contributed by atoms with Gasteiger partial charge in [-0.1, -0.05) is 17.7 Å². The van der Waals surface area contributed by atoms with Crippen LogP contribution in [-0.2, 0) is 0 Å². The highest BCUT2D eigenvalue weighted by Crippen LogP contribution is 2.44. The third-order valence-electron chi connectivity index (χ3n) is 6.49. The second kappa shape index (κ2) is 8.98. The van der Waals surface area contributed by atoms with Gasteiger partial charge < -0.3 is 19.9 Å². The molecule has 1 aliphatic rings. The standard InChI is InChI=1S/C27H24ClFN4OS/c1-15-12-19(8-9-21(15)29)33-26(25(31-27(33)35)22-6-4-5-11-30-22)20-13-16(2)32(17(20)3)23-14-18(28)7-10-24(23)34/h4-14,25-26,34H,1-3H3,(H,31,35)/t25-,26+/m1/s1. The van der Waals surface area contributed by atoms with Gasteiger partial charge >= 0.3 is 0 Å². The zero-order valence-electron chi connectivity index (χ0n) is 19.5. The monoisotopic (exact) mass is 506 g/mol. The van der Waals surface area contributed by atoms with Gasteiger partial charge in [0.15, 0.2) is 5.11 Å². The van der Waals surface area contributed by atoms with Crippen LogP contribution in [0.25, 0.3) is 5.69 Å². The highest BCUT2D eigenvalue weighted by molar-refractivity contribution is 7.80. The molecule has 8 heteroatoms. The minimum Gasteiger partial charge on any atom is -0.506 e. The fraction of sp³-hybridized carbons (Fsp3) is 0.185. The van der Waals surface area contributed by atoms with E-state index in [1.165, 1.54) is 6.07 Å². The lowest BCUT2D eigenvalue weighted by molar-refractivity contribution is 0.471. The highest BCUT2D eigenvalue weighted by Gasteiger charge is 2.42. The maximum atomic E-state index is 14.1. The van der Waals surface area contributed by atoms with Gasteiger partial charge in [-0.05, 0) is 98.7 Å². The molecule has 2 atom stereocenters. The number of aromatic nitrogens is 2. The maximum Gasteiger partial charge on any atom is 0.174 e. The highest BCUT2D eigenvalue weighted by atomic mass is 35.5. The van der Waals surface area contributed by atoms with Crippen molar-refractivity contribution in [2.24, 2.45) is 0 Å². The van der Waals surface area contributed by atoms with Crippen LogP contribution < -0.4 is 10.2 Å². The van der Waals surface area contributed by atoms with Gasteiger partial charge in [0.1, 0.15) is 11.6 Å². The smallest absolute Gasteiger partial charge is 0.174 e. The average Bonchev–Trinajstić information content (AvgIpc) is 3.33. The summed E-state index contributed by atoms with van der Waals surface area (Å²) in [6.45, 7) is 5.73. The quantitative estimate of drug-likeness (QED) is 0.310. The number of nitrogens with zero attached hydrogens (tertiary/aromatic N) is 3. The largest absolute Gasteiger partial charge is 0.506 e. The van der Waals surface area contributed by atoms with Crippen molar-refractivity contribution in [3.05, 3.63) is 106 Å². The molecule has 2 aromatic heterocycles. The van der Waals surface area contributed by atoms with E-state index in [0.29, 0.717) is 21.4 Å². The van der Waals surface area contributed by atoms with E-state index in [4.69, 9.17) is 23.8 Å². The molecule has 1 saturated heterocycles. The number of hydrogen-bond acceptors (Lipinski definition) is 3. The zero-order chi connectivity index (χ0) is 24.9. The number of thiocarbonyl (C=S) groups is 1. The summed E-state index contributed by atoms with van der Waals surface area (Å²) < 4.78 is 16.1. The lowest BCUT2D eigenvalue weighted by Crippen LogP contribution is -2.29. The van der Waals surface area contributed by atoms with E-state index in [9.17, 15) is 9.50 Å². The molecular formula is C27H24ClFN4OS. The van der Waals surface area contributed by atoms with Gasteiger partial charge in [0.25, 0.3) is 0 Å². The Bertz CT molecular complexity index is 1440. The Morgan fingerprint density at radius 3 is 2.57 bits per heavy atom. The summed E-state index contributed by atoms with van der Waals surface area (Å²) in [5.41, 5.74) is 5.65. The molecule has 0 bridgehead atoms. The Labute approximate surface area is 213 Å². The van der Waals surface area contributed by atoms with E-state index < -0.39 is 0 Å². The summed E-state index contributed by atoms with van der Waals surface area (Å²) >= 11 is 12.1. The van der Waals surface area contributed by atoms with Crippen LogP contribution in [0.1, 0.15) is 40.3 Å². The molecule has 3 heterocycles. The number of nitrogens with one attached hydrogen (secondary N) is 1. The van der Waals surface area contributed by atoms with Crippen LogP contribution in [0.2, 0.25) is 5.02 Å². The minimum atomic E-state index is -0.265. The first kappa shape index (κ1) is 23.3. The fourth-order valence-electron chi connectivity index (χ4n) is 4.86. The Kier molecular flexibility index (Phi) is 5.99. The molecule has 1 aliphatic heterocycles. The third kappa shape index (κ3) is 4.05. The molecule has 5 rings (SSSR count). The molecule has 1 fully saturated rings. The van der Waals surface area contributed by atoms with Crippen LogP contribution in [0.3, 0.4) is 0 Å². The third-order valence-corrected chi connectivity index (χ3v) is 7.03. The zero-order valence-corrected chi connectivity index (χ0v) is 21.0. The maximum absolute atomic E-state index is 14.1. The van der Waals surface area contributed by atoms with Crippen molar-refractivity contribution in [3.63, 3.8) is 0 Å². The first-order valence-electron chi connectivity index (χ1n) is 11.2. The first-order valence-corrected chi connectivity index (χ1v) is 12.0. The van der Waals surface area contributed by atoms with Crippen molar-refractivity contribution in [1.82, 2.24) is 14.9 Å². The normalized spacial score (nSPS) is 17.6. The Morgan fingerprint density at radius 1 is 1.06 bits per heavy atom. The van der Waals surface area contributed by atoms with E-state index in [2.05, 4.69) is 16.4 Å². The molecule has 35 heavy (non-hydrogen) atoms. The van der Waals surface area contributed by atoms with E-state index >= 15 is 0 Å². The summed E-state index contributed by atoms with van der Waals surface area (Å²) in [5, 5.41) is 15.1. The van der Waals surface area contributed by atoms with Crippen LogP contribution in [0, 0.1) is 26.6 Å². The summed E-state index contributed by atoms with van der Waals surface area (Å²) in [6, 6.07) is 17.4. The number of anilines is 1. The van der Waals surface area contributed by atoms with Crippen molar-refractivity contribution >= 4 is 34.6 Å². The molecule has 0 amide bonds. The summed E-state index contributed by atoms with van der Waals surface area (Å²) in [4.78, 5) is 6.62. The summed E-state index contributed by atoms with van der Waals surface area (Å²) in [5.74, 6) is -0.130. The van der Waals surface area contributed by atoms with Crippen LogP contribution in [0.4, 0.5) is 10.1 Å². The van der Waals surface area contributed by atoms with E-state index in [1.807, 2.05) is 41.5 Å².